The molecule has 0 saturated heterocycles. The number of carbonyl (C=O) groups excluding carboxylic acids is 1. The zero-order chi connectivity index (χ0) is 27.6. The molecule has 202 valence electrons. The van der Waals surface area contributed by atoms with Crippen molar-refractivity contribution >= 4 is 17.6 Å². The van der Waals surface area contributed by atoms with E-state index in [1.165, 1.54) is 18.3 Å². The van der Waals surface area contributed by atoms with Crippen LogP contribution < -0.4 is 10.6 Å². The molecule has 38 heavy (non-hydrogen) atoms. The lowest BCUT2D eigenvalue weighted by Crippen LogP contribution is -2.54. The molecule has 4 nitrogen and oxygen atoms in total. The fourth-order valence-corrected chi connectivity index (χ4v) is 4.95. The molecular weight excluding hydrogens is 532 g/mol. The fraction of sp³-hybridized carbons (Fsp3) is 0.333. The zero-order valence-corrected chi connectivity index (χ0v) is 20.7. The Morgan fingerprint density at radius 3 is 2.16 bits per heavy atom. The molecule has 0 bridgehead atoms. The van der Waals surface area contributed by atoms with Gasteiger partial charge in [0, 0.05) is 18.7 Å². The van der Waals surface area contributed by atoms with Gasteiger partial charge < -0.3 is 10.6 Å². The van der Waals surface area contributed by atoms with Crippen LogP contribution in [0.2, 0.25) is 5.02 Å². The van der Waals surface area contributed by atoms with E-state index in [1.54, 1.807) is 30.3 Å². The van der Waals surface area contributed by atoms with Crippen LogP contribution in [-0.4, -0.2) is 17.1 Å². The van der Waals surface area contributed by atoms with Crippen LogP contribution >= 0.6 is 11.6 Å². The number of pyridine rings is 1. The molecule has 3 aromatic rings. The fourth-order valence-electron chi connectivity index (χ4n) is 4.84. The van der Waals surface area contributed by atoms with Crippen molar-refractivity contribution < 1.29 is 31.1 Å². The van der Waals surface area contributed by atoms with E-state index < -0.39 is 40.6 Å². The molecule has 1 aliphatic rings. The lowest BCUT2D eigenvalue weighted by atomic mass is 9.77. The van der Waals surface area contributed by atoms with Crippen LogP contribution in [0.4, 0.5) is 31.1 Å². The number of alkyl halides is 6. The minimum absolute atomic E-state index is 0.0999. The van der Waals surface area contributed by atoms with Gasteiger partial charge in [-0.3, -0.25) is 4.98 Å². The molecule has 1 unspecified atom stereocenters. The second-order valence-corrected chi connectivity index (χ2v) is 9.70. The maximum absolute atomic E-state index is 14.3. The van der Waals surface area contributed by atoms with Crippen molar-refractivity contribution in [3.8, 4) is 0 Å². The summed E-state index contributed by atoms with van der Waals surface area (Å²) in [4.78, 5) is 17.5. The highest BCUT2D eigenvalue weighted by atomic mass is 35.5. The summed E-state index contributed by atoms with van der Waals surface area (Å²) in [5.74, 6) is 0. The summed E-state index contributed by atoms with van der Waals surface area (Å²) >= 11 is 5.99. The third-order valence-corrected chi connectivity index (χ3v) is 6.83. The van der Waals surface area contributed by atoms with Gasteiger partial charge in [-0.15, -0.1) is 0 Å². The first kappa shape index (κ1) is 27.8. The van der Waals surface area contributed by atoms with E-state index in [9.17, 15) is 31.1 Å². The maximum atomic E-state index is 14.3. The summed E-state index contributed by atoms with van der Waals surface area (Å²) in [6.07, 6.45) is -5.96. The first-order valence-corrected chi connectivity index (χ1v) is 12.3. The third-order valence-electron chi connectivity index (χ3n) is 6.61. The Kier molecular flexibility index (Phi) is 7.92. The number of amides is 2. The average Bonchev–Trinajstić information content (AvgIpc) is 3.36. The number of nitrogens with zero attached hydrogens (tertiary/aromatic N) is 1. The number of urea groups is 1. The number of hydrogen-bond donors (Lipinski definition) is 2. The first-order valence-electron chi connectivity index (χ1n) is 11.9. The smallest absolute Gasteiger partial charge is 0.335 e. The summed E-state index contributed by atoms with van der Waals surface area (Å²) in [5.41, 5.74) is -5.15. The molecule has 2 amide bonds. The van der Waals surface area contributed by atoms with Crippen molar-refractivity contribution in [2.24, 2.45) is 0 Å². The van der Waals surface area contributed by atoms with E-state index in [-0.39, 0.29) is 23.2 Å². The quantitative estimate of drug-likeness (QED) is 0.309. The Labute approximate surface area is 220 Å². The summed E-state index contributed by atoms with van der Waals surface area (Å²) in [6.45, 7) is 0. The minimum Gasteiger partial charge on any atom is -0.335 e. The molecule has 1 aromatic heterocycles. The van der Waals surface area contributed by atoms with Crippen LogP contribution in [0.3, 0.4) is 0 Å². The van der Waals surface area contributed by atoms with E-state index in [0.717, 1.165) is 12.8 Å². The van der Waals surface area contributed by atoms with Crippen molar-refractivity contribution in [1.82, 2.24) is 15.6 Å². The van der Waals surface area contributed by atoms with Crippen molar-refractivity contribution in [2.45, 2.75) is 56.0 Å². The lowest BCUT2D eigenvalue weighted by Gasteiger charge is -2.37. The Hall–Kier alpha value is -3.27. The summed E-state index contributed by atoms with van der Waals surface area (Å²) in [7, 11) is 0. The van der Waals surface area contributed by atoms with Gasteiger partial charge in [0.1, 0.15) is 5.54 Å². The number of rotatable bonds is 6. The van der Waals surface area contributed by atoms with Crippen LogP contribution in [0.25, 0.3) is 0 Å². The molecule has 2 aromatic carbocycles. The second kappa shape index (κ2) is 10.8. The van der Waals surface area contributed by atoms with Crippen LogP contribution in [0, 0.1) is 0 Å². The number of carbonyl (C=O) groups is 1. The first-order chi connectivity index (χ1) is 17.9. The highest BCUT2D eigenvalue weighted by molar-refractivity contribution is 6.30. The van der Waals surface area contributed by atoms with Gasteiger partial charge in [0.05, 0.1) is 21.8 Å². The molecule has 0 spiro atoms. The number of hydrogen-bond acceptors (Lipinski definition) is 2. The Balaban J connectivity index is 1.99. The molecule has 0 aliphatic heterocycles. The van der Waals surface area contributed by atoms with Crippen molar-refractivity contribution in [3.63, 3.8) is 0 Å². The predicted molar refractivity (Wildman–Crippen MR) is 131 cm³/mol. The topological polar surface area (TPSA) is 54.0 Å². The van der Waals surface area contributed by atoms with Gasteiger partial charge in [0.25, 0.3) is 0 Å². The summed E-state index contributed by atoms with van der Waals surface area (Å²) < 4.78 is 84.4. The molecule has 0 radical (unpaired) electrons. The van der Waals surface area contributed by atoms with E-state index >= 15 is 0 Å². The molecule has 1 fully saturated rings. The van der Waals surface area contributed by atoms with Crippen LogP contribution in [0.1, 0.15) is 53.6 Å². The predicted octanol–water partition coefficient (Wildman–Crippen LogP) is 7.50. The van der Waals surface area contributed by atoms with Gasteiger partial charge in [0.2, 0.25) is 0 Å². The van der Waals surface area contributed by atoms with Crippen molar-refractivity contribution in [1.29, 1.82) is 0 Å². The molecular formula is C27H24ClF6N3O. The van der Waals surface area contributed by atoms with Gasteiger partial charge in [0.15, 0.2) is 0 Å². The summed E-state index contributed by atoms with van der Waals surface area (Å²) in [6, 6.07) is 11.1. The number of nitrogens with one attached hydrogen (secondary N) is 2. The van der Waals surface area contributed by atoms with Gasteiger partial charge in [-0.2, -0.15) is 26.3 Å². The highest BCUT2D eigenvalue weighted by Crippen LogP contribution is 2.44. The van der Waals surface area contributed by atoms with Crippen LogP contribution in [0.15, 0.2) is 66.9 Å². The number of aromatic nitrogens is 1. The lowest BCUT2D eigenvalue weighted by molar-refractivity contribution is -0.142. The summed E-state index contributed by atoms with van der Waals surface area (Å²) in [5, 5.41) is 5.56. The van der Waals surface area contributed by atoms with Crippen molar-refractivity contribution in [3.05, 3.63) is 99.8 Å². The van der Waals surface area contributed by atoms with E-state index in [2.05, 4.69) is 15.6 Å². The second-order valence-electron chi connectivity index (χ2n) is 9.27. The highest BCUT2D eigenvalue weighted by Gasteiger charge is 2.47. The molecule has 2 N–H and O–H groups in total. The maximum Gasteiger partial charge on any atom is 0.416 e. The Bertz CT molecular complexity index is 1260. The molecule has 1 saturated carbocycles. The number of halogens is 7. The normalized spacial score (nSPS) is 16.2. The molecule has 1 heterocycles. The number of benzene rings is 2. The van der Waals surface area contributed by atoms with Crippen LogP contribution in [0.5, 0.6) is 0 Å². The molecule has 1 atom stereocenters. The Morgan fingerprint density at radius 1 is 0.895 bits per heavy atom. The van der Waals surface area contributed by atoms with Gasteiger partial charge in [-0.1, -0.05) is 54.8 Å². The monoisotopic (exact) mass is 555 g/mol. The average molecular weight is 556 g/mol. The molecule has 4 rings (SSSR count). The van der Waals surface area contributed by atoms with E-state index in [4.69, 9.17) is 11.6 Å². The van der Waals surface area contributed by atoms with Gasteiger partial charge in [-0.05, 0) is 54.3 Å². The molecule has 1 aliphatic carbocycles. The Morgan fingerprint density at radius 2 is 1.58 bits per heavy atom. The van der Waals surface area contributed by atoms with Crippen LogP contribution in [-0.2, 0) is 24.3 Å². The van der Waals surface area contributed by atoms with E-state index in [0.29, 0.717) is 36.6 Å². The van der Waals surface area contributed by atoms with Crippen molar-refractivity contribution in [2.75, 3.05) is 0 Å². The minimum atomic E-state index is -5.03. The zero-order valence-electron chi connectivity index (χ0n) is 20.0. The third kappa shape index (κ3) is 6.23. The SMILES string of the molecule is O=C(NC1CCCC1)NC(Cc1ccccc1)(c1ccc(Cl)cn1)c1cc(C(F)(F)F)ccc1C(F)(F)F. The van der Waals surface area contributed by atoms with E-state index in [1.807, 2.05) is 0 Å². The van der Waals surface area contributed by atoms with Gasteiger partial charge >= 0.3 is 18.4 Å². The van der Waals surface area contributed by atoms with Gasteiger partial charge in [-0.25, -0.2) is 4.79 Å². The molecule has 11 heteroatoms. The standard InChI is InChI=1S/C27H24ClF6N3O/c28-19-11-13-23(35-16-19)25(15-17-6-2-1-3-7-17,37-24(38)36-20-8-4-5-9-20)22-14-18(26(29,30)31)10-12-21(22)27(32,33)34/h1-3,6-7,10-14,16,20H,4-5,8-9,15H2,(H2,36,37,38). The largest absolute Gasteiger partial charge is 0.416 e.